The molecular weight excluding hydrogens is 188 g/mol. The van der Waals surface area contributed by atoms with Crippen molar-refractivity contribution in [3.63, 3.8) is 0 Å². The summed E-state index contributed by atoms with van der Waals surface area (Å²) in [5.74, 6) is 0.933. The first-order valence-electron chi connectivity index (χ1n) is 6.25. The fourth-order valence-electron chi connectivity index (χ4n) is 2.75. The van der Waals surface area contributed by atoms with Crippen molar-refractivity contribution in [2.24, 2.45) is 16.6 Å². The topological polar surface area (TPSA) is 47.6 Å². The third-order valence-electron chi connectivity index (χ3n) is 3.74. The summed E-state index contributed by atoms with van der Waals surface area (Å²) in [4.78, 5) is 4.33. The summed E-state index contributed by atoms with van der Waals surface area (Å²) in [6.07, 6.45) is 9.75. The summed E-state index contributed by atoms with van der Waals surface area (Å²) < 4.78 is 5.34. The average Bonchev–Trinajstić information content (AvgIpc) is 2.56. The first-order chi connectivity index (χ1) is 7.25. The minimum Gasteiger partial charge on any atom is -0.460 e. The Hall–Kier alpha value is -0.730. The van der Waals surface area contributed by atoms with Gasteiger partial charge in [0.25, 0.3) is 6.02 Å². The molecule has 0 aromatic rings. The van der Waals surface area contributed by atoms with Gasteiger partial charge in [-0.2, -0.15) is 0 Å². The molecule has 1 heterocycles. The van der Waals surface area contributed by atoms with E-state index in [4.69, 9.17) is 10.5 Å². The minimum atomic E-state index is 0.189. The Balaban J connectivity index is 1.72. The van der Waals surface area contributed by atoms with E-state index < -0.39 is 0 Å². The molecule has 1 fully saturated rings. The third kappa shape index (κ3) is 2.86. The molecule has 0 aromatic heterocycles. The first-order valence-corrected chi connectivity index (χ1v) is 6.25. The van der Waals surface area contributed by atoms with Gasteiger partial charge in [-0.05, 0) is 25.7 Å². The number of hydrogen-bond acceptors (Lipinski definition) is 3. The van der Waals surface area contributed by atoms with Gasteiger partial charge in [-0.15, -0.1) is 0 Å². The van der Waals surface area contributed by atoms with Crippen LogP contribution < -0.4 is 5.73 Å². The minimum absolute atomic E-state index is 0.189. The standard InChI is InChI=1S/C12H22N2O/c1-9-11(14-12(13)15-9)8-7-10-5-3-2-4-6-10/h9-11H,2-8H2,1H3,(H2,13,14)/t9-,11-/m0/s1. The maximum absolute atomic E-state index is 5.55. The number of nitrogens with zero attached hydrogens (tertiary/aromatic N) is 1. The Morgan fingerprint density at radius 2 is 2.00 bits per heavy atom. The third-order valence-corrected chi connectivity index (χ3v) is 3.74. The van der Waals surface area contributed by atoms with E-state index >= 15 is 0 Å². The van der Waals surface area contributed by atoms with E-state index in [9.17, 15) is 0 Å². The zero-order valence-corrected chi connectivity index (χ0v) is 9.61. The lowest BCUT2D eigenvalue weighted by atomic mass is 9.85. The predicted octanol–water partition coefficient (Wildman–Crippen LogP) is 2.45. The highest BCUT2D eigenvalue weighted by atomic mass is 16.5. The Bertz CT molecular complexity index is 234. The number of amidine groups is 1. The molecule has 0 saturated heterocycles. The van der Waals surface area contributed by atoms with Crippen molar-refractivity contribution < 1.29 is 4.74 Å². The molecule has 0 bridgehead atoms. The van der Waals surface area contributed by atoms with E-state index in [0.29, 0.717) is 12.1 Å². The van der Waals surface area contributed by atoms with E-state index in [1.54, 1.807) is 0 Å². The maximum atomic E-state index is 5.55. The largest absolute Gasteiger partial charge is 0.460 e. The number of nitrogens with two attached hydrogens (primary N) is 1. The monoisotopic (exact) mass is 210 g/mol. The fraction of sp³-hybridized carbons (Fsp3) is 0.917. The van der Waals surface area contributed by atoms with Crippen LogP contribution in [0.4, 0.5) is 0 Å². The van der Waals surface area contributed by atoms with Crippen LogP contribution in [-0.2, 0) is 4.74 Å². The van der Waals surface area contributed by atoms with Crippen molar-refractivity contribution >= 4 is 6.02 Å². The molecule has 3 nitrogen and oxygen atoms in total. The van der Waals surface area contributed by atoms with E-state index in [1.165, 1.54) is 38.5 Å². The van der Waals surface area contributed by atoms with Crippen molar-refractivity contribution in [3.8, 4) is 0 Å². The number of rotatable bonds is 3. The van der Waals surface area contributed by atoms with E-state index in [2.05, 4.69) is 11.9 Å². The van der Waals surface area contributed by atoms with Gasteiger partial charge in [-0.1, -0.05) is 32.1 Å². The van der Waals surface area contributed by atoms with Crippen LogP contribution in [0, 0.1) is 5.92 Å². The van der Waals surface area contributed by atoms with Gasteiger partial charge in [-0.3, -0.25) is 0 Å². The van der Waals surface area contributed by atoms with E-state index in [1.807, 2.05) is 0 Å². The highest BCUT2D eigenvalue weighted by Gasteiger charge is 2.26. The highest BCUT2D eigenvalue weighted by Crippen LogP contribution is 2.29. The molecule has 0 spiro atoms. The molecule has 1 aliphatic heterocycles. The molecule has 2 atom stereocenters. The summed E-state index contributed by atoms with van der Waals surface area (Å²) in [5.41, 5.74) is 5.55. The number of ether oxygens (including phenoxy) is 1. The molecular formula is C12H22N2O. The van der Waals surface area contributed by atoms with Gasteiger partial charge in [0.15, 0.2) is 0 Å². The molecule has 15 heavy (non-hydrogen) atoms. The smallest absolute Gasteiger partial charge is 0.282 e. The lowest BCUT2D eigenvalue weighted by Crippen LogP contribution is -2.21. The van der Waals surface area contributed by atoms with Crippen LogP contribution >= 0.6 is 0 Å². The maximum Gasteiger partial charge on any atom is 0.282 e. The molecule has 86 valence electrons. The Kier molecular flexibility index (Phi) is 3.49. The Labute approximate surface area is 92.1 Å². The van der Waals surface area contributed by atoms with E-state index in [-0.39, 0.29) is 6.10 Å². The van der Waals surface area contributed by atoms with Gasteiger partial charge in [0.2, 0.25) is 0 Å². The van der Waals surface area contributed by atoms with Crippen molar-refractivity contribution in [1.82, 2.24) is 0 Å². The summed E-state index contributed by atoms with van der Waals surface area (Å²) >= 11 is 0. The van der Waals surface area contributed by atoms with Gasteiger partial charge in [0.1, 0.15) is 6.10 Å². The van der Waals surface area contributed by atoms with Crippen LogP contribution in [0.2, 0.25) is 0 Å². The van der Waals surface area contributed by atoms with Crippen LogP contribution in [0.5, 0.6) is 0 Å². The quantitative estimate of drug-likeness (QED) is 0.777. The molecule has 0 radical (unpaired) electrons. The van der Waals surface area contributed by atoms with Crippen molar-refractivity contribution in [1.29, 1.82) is 0 Å². The molecule has 1 saturated carbocycles. The highest BCUT2D eigenvalue weighted by molar-refractivity contribution is 5.73. The van der Waals surface area contributed by atoms with Crippen LogP contribution in [0.25, 0.3) is 0 Å². The lowest BCUT2D eigenvalue weighted by molar-refractivity contribution is 0.197. The van der Waals surface area contributed by atoms with Crippen LogP contribution in [0.3, 0.4) is 0 Å². The van der Waals surface area contributed by atoms with Crippen LogP contribution in [-0.4, -0.2) is 18.2 Å². The van der Waals surface area contributed by atoms with Crippen molar-refractivity contribution in [2.45, 2.75) is 64.0 Å². The van der Waals surface area contributed by atoms with Crippen LogP contribution in [0.1, 0.15) is 51.9 Å². The summed E-state index contributed by atoms with van der Waals surface area (Å²) in [6, 6.07) is 0.697. The fourth-order valence-corrected chi connectivity index (χ4v) is 2.75. The molecule has 0 unspecified atom stereocenters. The lowest BCUT2D eigenvalue weighted by Gasteiger charge is -2.22. The van der Waals surface area contributed by atoms with Crippen molar-refractivity contribution in [2.75, 3.05) is 0 Å². The van der Waals surface area contributed by atoms with Gasteiger partial charge in [-0.25, -0.2) is 4.99 Å². The second kappa shape index (κ2) is 4.86. The Morgan fingerprint density at radius 1 is 1.27 bits per heavy atom. The average molecular weight is 210 g/mol. The molecule has 3 heteroatoms. The predicted molar refractivity (Wildman–Crippen MR) is 61.8 cm³/mol. The summed E-state index contributed by atoms with van der Waals surface area (Å²) in [6.45, 7) is 2.06. The summed E-state index contributed by atoms with van der Waals surface area (Å²) in [7, 11) is 0. The van der Waals surface area contributed by atoms with Crippen LogP contribution in [0.15, 0.2) is 4.99 Å². The molecule has 2 N–H and O–H groups in total. The second-order valence-corrected chi connectivity index (χ2v) is 4.94. The normalized spacial score (nSPS) is 32.5. The van der Waals surface area contributed by atoms with Crippen molar-refractivity contribution in [3.05, 3.63) is 0 Å². The molecule has 2 rings (SSSR count). The number of aliphatic imine (C=N–C) groups is 1. The molecule has 0 amide bonds. The number of hydrogen-bond donors (Lipinski definition) is 1. The van der Waals surface area contributed by atoms with Gasteiger partial charge >= 0.3 is 0 Å². The first kappa shape index (κ1) is 10.8. The van der Waals surface area contributed by atoms with Gasteiger partial charge < -0.3 is 10.5 Å². The second-order valence-electron chi connectivity index (χ2n) is 4.94. The van der Waals surface area contributed by atoms with E-state index in [0.717, 1.165) is 12.3 Å². The molecule has 0 aromatic carbocycles. The zero-order valence-electron chi connectivity index (χ0n) is 9.61. The van der Waals surface area contributed by atoms with Gasteiger partial charge in [0, 0.05) is 0 Å². The summed E-state index contributed by atoms with van der Waals surface area (Å²) in [5, 5.41) is 0. The SMILES string of the molecule is C[C@@H]1OC(N)=N[C@H]1CCC1CCCCC1. The Morgan fingerprint density at radius 3 is 2.60 bits per heavy atom. The molecule has 2 aliphatic rings. The van der Waals surface area contributed by atoms with Gasteiger partial charge in [0.05, 0.1) is 6.04 Å². The zero-order chi connectivity index (χ0) is 10.7. The molecule has 1 aliphatic carbocycles.